The van der Waals surface area contributed by atoms with E-state index in [0.29, 0.717) is 6.54 Å². The normalized spacial score (nSPS) is 24.1. The van der Waals surface area contributed by atoms with E-state index in [9.17, 15) is 4.79 Å². The van der Waals surface area contributed by atoms with Gasteiger partial charge in [-0.1, -0.05) is 0 Å². The summed E-state index contributed by atoms with van der Waals surface area (Å²) in [5.41, 5.74) is 11.4. The number of amides is 2. The fourth-order valence-corrected chi connectivity index (χ4v) is 4.82. The third-order valence-electron chi connectivity index (χ3n) is 6.41. The van der Waals surface area contributed by atoms with Gasteiger partial charge in [0.1, 0.15) is 0 Å². The summed E-state index contributed by atoms with van der Waals surface area (Å²) in [5.74, 6) is 0. The van der Waals surface area contributed by atoms with Gasteiger partial charge in [-0.3, -0.25) is 14.6 Å². The molecular formula is C22H30N8O. The van der Waals surface area contributed by atoms with Crippen molar-refractivity contribution in [3.63, 3.8) is 0 Å². The zero-order chi connectivity index (χ0) is 21.2. The molecule has 31 heavy (non-hydrogen) atoms. The number of nitrogens with zero attached hydrogens (tertiary/aromatic N) is 5. The number of likely N-dealkylation sites (tertiary alicyclic amines) is 1. The van der Waals surface area contributed by atoms with Crippen molar-refractivity contribution in [2.45, 2.75) is 37.9 Å². The number of hydrogen-bond donors (Lipinski definition) is 3. The van der Waals surface area contributed by atoms with Crippen LogP contribution >= 0.6 is 0 Å². The highest BCUT2D eigenvalue weighted by molar-refractivity contribution is 5.75. The summed E-state index contributed by atoms with van der Waals surface area (Å²) in [6.07, 6.45) is 8.54. The first-order chi connectivity index (χ1) is 15.2. The van der Waals surface area contributed by atoms with E-state index in [1.54, 1.807) is 0 Å². The number of hydrogen-bond acceptors (Lipinski definition) is 6. The number of urea groups is 1. The lowest BCUT2D eigenvalue weighted by Crippen LogP contribution is -2.52. The molecule has 0 spiro atoms. The highest BCUT2D eigenvalue weighted by Crippen LogP contribution is 2.31. The largest absolute Gasteiger partial charge is 0.334 e. The minimum Gasteiger partial charge on any atom is -0.334 e. The lowest BCUT2D eigenvalue weighted by atomic mass is 9.96. The van der Waals surface area contributed by atoms with Crippen LogP contribution in [0, 0.1) is 0 Å². The minimum atomic E-state index is 0.0385. The van der Waals surface area contributed by atoms with Gasteiger partial charge in [-0.05, 0) is 48.7 Å². The molecule has 0 saturated carbocycles. The molecule has 5 heterocycles. The number of nitrogens with one attached hydrogen (secondary N) is 3. The smallest absolute Gasteiger partial charge is 0.317 e. The average Bonchev–Trinajstić information content (AvgIpc) is 3.40. The monoisotopic (exact) mass is 422 g/mol. The first-order valence-electron chi connectivity index (χ1n) is 11.1. The lowest BCUT2D eigenvalue weighted by molar-refractivity contribution is 0.163. The summed E-state index contributed by atoms with van der Waals surface area (Å²) >= 11 is 0. The fourth-order valence-electron chi connectivity index (χ4n) is 4.82. The molecule has 164 valence electrons. The average molecular weight is 423 g/mol. The third-order valence-corrected chi connectivity index (χ3v) is 6.41. The van der Waals surface area contributed by atoms with Gasteiger partial charge in [-0.15, -0.1) is 0 Å². The molecule has 2 aromatic heterocycles. The molecule has 1 fully saturated rings. The van der Waals surface area contributed by atoms with Crippen LogP contribution in [0.25, 0.3) is 0 Å². The van der Waals surface area contributed by atoms with Crippen LogP contribution in [-0.4, -0.2) is 62.8 Å². The van der Waals surface area contributed by atoms with Crippen LogP contribution in [0.1, 0.15) is 36.6 Å². The molecule has 2 amide bonds. The molecule has 9 heteroatoms. The Morgan fingerprint density at radius 2 is 2.13 bits per heavy atom. The zero-order valence-corrected chi connectivity index (χ0v) is 17.9. The molecular weight excluding hydrogens is 392 g/mol. The molecule has 1 saturated heterocycles. The van der Waals surface area contributed by atoms with Crippen LogP contribution in [0.15, 0.2) is 48.1 Å². The number of rotatable bonds is 4. The molecule has 3 aliphatic heterocycles. The van der Waals surface area contributed by atoms with E-state index in [0.717, 1.165) is 56.7 Å². The number of piperidine rings is 1. The van der Waals surface area contributed by atoms with Crippen LogP contribution in [-0.2, 0) is 13.6 Å². The van der Waals surface area contributed by atoms with Gasteiger partial charge in [0.2, 0.25) is 0 Å². The van der Waals surface area contributed by atoms with Crippen LogP contribution in [0.4, 0.5) is 4.79 Å². The standard InChI is InChI=1S/C22H30N8O/c1-28-11-6-18(27-28)14-29-10-2-3-17(13-29)24-22(31)30-12-7-20-19(15-30)21(26-25-20)16-4-8-23-9-5-16/h4-6,8-9,11,17,21,25-26H,2-3,7,10,12-15H2,1H3,(H,24,31)/t17-,21?/m1/s1. The van der Waals surface area contributed by atoms with Crippen molar-refractivity contribution in [3.05, 3.63) is 59.3 Å². The Hall–Kier alpha value is -2.91. The maximum Gasteiger partial charge on any atom is 0.317 e. The Bertz CT molecular complexity index is 955. The van der Waals surface area contributed by atoms with Crippen LogP contribution in [0.5, 0.6) is 0 Å². The maximum atomic E-state index is 13.1. The molecule has 1 unspecified atom stereocenters. The Morgan fingerprint density at radius 3 is 2.94 bits per heavy atom. The number of pyridine rings is 1. The van der Waals surface area contributed by atoms with Gasteiger partial charge in [0.05, 0.1) is 11.7 Å². The maximum absolute atomic E-state index is 13.1. The minimum absolute atomic E-state index is 0.0385. The molecule has 5 rings (SSSR count). The molecule has 0 bridgehead atoms. The quantitative estimate of drug-likeness (QED) is 0.688. The number of carbonyl (C=O) groups is 1. The number of carbonyl (C=O) groups excluding carboxylic acids is 1. The van der Waals surface area contributed by atoms with E-state index in [2.05, 4.69) is 37.2 Å². The number of aryl methyl sites for hydroxylation is 1. The van der Waals surface area contributed by atoms with Crippen molar-refractivity contribution in [2.24, 2.45) is 7.05 Å². The highest BCUT2D eigenvalue weighted by Gasteiger charge is 2.33. The second kappa shape index (κ2) is 8.68. The molecule has 0 aromatic carbocycles. The molecule has 2 aromatic rings. The van der Waals surface area contributed by atoms with Crippen LogP contribution in [0.2, 0.25) is 0 Å². The number of aromatic nitrogens is 3. The van der Waals surface area contributed by atoms with Gasteiger partial charge < -0.3 is 15.6 Å². The summed E-state index contributed by atoms with van der Waals surface area (Å²) in [4.78, 5) is 21.5. The van der Waals surface area contributed by atoms with E-state index in [1.807, 2.05) is 47.4 Å². The Balaban J connectivity index is 1.18. The van der Waals surface area contributed by atoms with Crippen LogP contribution < -0.4 is 16.2 Å². The Morgan fingerprint density at radius 1 is 1.26 bits per heavy atom. The summed E-state index contributed by atoms with van der Waals surface area (Å²) < 4.78 is 1.84. The van der Waals surface area contributed by atoms with E-state index in [1.165, 1.54) is 11.3 Å². The van der Waals surface area contributed by atoms with Crippen molar-refractivity contribution in [1.29, 1.82) is 0 Å². The van der Waals surface area contributed by atoms with E-state index < -0.39 is 0 Å². The van der Waals surface area contributed by atoms with Crippen molar-refractivity contribution in [1.82, 2.24) is 40.7 Å². The first kappa shape index (κ1) is 20.0. The number of hydrazine groups is 1. The van der Waals surface area contributed by atoms with Gasteiger partial charge in [0.15, 0.2) is 0 Å². The molecule has 0 aliphatic carbocycles. The van der Waals surface area contributed by atoms with Gasteiger partial charge in [-0.2, -0.15) is 5.10 Å². The molecule has 0 radical (unpaired) electrons. The van der Waals surface area contributed by atoms with Crippen molar-refractivity contribution >= 4 is 6.03 Å². The Kier molecular flexibility index (Phi) is 5.61. The predicted octanol–water partition coefficient (Wildman–Crippen LogP) is 1.30. The van der Waals surface area contributed by atoms with Crippen molar-refractivity contribution in [2.75, 3.05) is 26.2 Å². The topological polar surface area (TPSA) is 90.3 Å². The summed E-state index contributed by atoms with van der Waals surface area (Å²) in [7, 11) is 1.94. The highest BCUT2D eigenvalue weighted by atomic mass is 16.2. The first-order valence-corrected chi connectivity index (χ1v) is 11.1. The van der Waals surface area contributed by atoms with Crippen molar-refractivity contribution < 1.29 is 4.79 Å². The van der Waals surface area contributed by atoms with Crippen LogP contribution in [0.3, 0.4) is 0 Å². The van der Waals surface area contributed by atoms with E-state index >= 15 is 0 Å². The van der Waals surface area contributed by atoms with Gasteiger partial charge in [0, 0.05) is 70.0 Å². The molecule has 9 nitrogen and oxygen atoms in total. The lowest BCUT2D eigenvalue weighted by Gasteiger charge is -2.35. The third kappa shape index (κ3) is 4.42. The van der Waals surface area contributed by atoms with E-state index in [-0.39, 0.29) is 18.1 Å². The fraction of sp³-hybridized carbons (Fsp3) is 0.500. The second-order valence-corrected chi connectivity index (χ2v) is 8.66. The Labute approximate surface area is 182 Å². The van der Waals surface area contributed by atoms with Gasteiger partial charge in [-0.25, -0.2) is 10.2 Å². The predicted molar refractivity (Wildman–Crippen MR) is 117 cm³/mol. The second-order valence-electron chi connectivity index (χ2n) is 8.66. The van der Waals surface area contributed by atoms with Gasteiger partial charge >= 0.3 is 6.03 Å². The summed E-state index contributed by atoms with van der Waals surface area (Å²) in [5, 5.41) is 7.78. The van der Waals surface area contributed by atoms with Crippen molar-refractivity contribution in [3.8, 4) is 0 Å². The molecule has 3 N–H and O–H groups in total. The molecule has 2 atom stereocenters. The SMILES string of the molecule is Cn1ccc(CN2CCC[C@@H](NC(=O)N3CCC4=C(C3)C(c3ccncc3)NN4)C2)n1. The van der Waals surface area contributed by atoms with Gasteiger partial charge in [0.25, 0.3) is 0 Å². The zero-order valence-electron chi connectivity index (χ0n) is 17.9. The molecule has 3 aliphatic rings. The summed E-state index contributed by atoms with van der Waals surface area (Å²) in [6, 6.07) is 6.40. The van der Waals surface area contributed by atoms with E-state index in [4.69, 9.17) is 0 Å². The summed E-state index contributed by atoms with van der Waals surface area (Å²) in [6.45, 7) is 4.12.